The van der Waals surface area contributed by atoms with Crippen LogP contribution >= 0.6 is 0 Å². The van der Waals surface area contributed by atoms with Crippen molar-refractivity contribution in [2.75, 3.05) is 23.3 Å². The van der Waals surface area contributed by atoms with Gasteiger partial charge in [-0.1, -0.05) is 0 Å². The standard InChI is InChI=1S/C12H19N5/c1-8-14-11(16-10-2-3-10)6-12(15-8)17-5-4-9(13)7-17/h6,9-10H,2-5,7,13H2,1H3,(H,14,15,16). The van der Waals surface area contributed by atoms with Crippen molar-refractivity contribution < 1.29 is 0 Å². The molecular weight excluding hydrogens is 214 g/mol. The third kappa shape index (κ3) is 2.49. The smallest absolute Gasteiger partial charge is 0.134 e. The lowest BCUT2D eigenvalue weighted by atomic mass is 10.3. The summed E-state index contributed by atoms with van der Waals surface area (Å²) >= 11 is 0. The molecule has 0 aromatic carbocycles. The van der Waals surface area contributed by atoms with E-state index in [1.54, 1.807) is 0 Å². The molecule has 2 heterocycles. The van der Waals surface area contributed by atoms with Gasteiger partial charge in [0.2, 0.25) is 0 Å². The van der Waals surface area contributed by atoms with Crippen molar-refractivity contribution in [2.45, 2.75) is 38.3 Å². The monoisotopic (exact) mass is 233 g/mol. The molecule has 1 aliphatic heterocycles. The molecule has 0 radical (unpaired) electrons. The van der Waals surface area contributed by atoms with E-state index in [9.17, 15) is 0 Å². The minimum Gasteiger partial charge on any atom is -0.367 e. The summed E-state index contributed by atoms with van der Waals surface area (Å²) in [5.41, 5.74) is 5.93. The first-order valence-electron chi connectivity index (χ1n) is 6.33. The minimum absolute atomic E-state index is 0.283. The van der Waals surface area contributed by atoms with Gasteiger partial charge in [-0.25, -0.2) is 9.97 Å². The maximum atomic E-state index is 5.93. The fraction of sp³-hybridized carbons (Fsp3) is 0.667. The van der Waals surface area contributed by atoms with Gasteiger partial charge < -0.3 is 16.0 Å². The van der Waals surface area contributed by atoms with Crippen LogP contribution in [0.4, 0.5) is 11.6 Å². The number of nitrogens with zero attached hydrogens (tertiary/aromatic N) is 3. The van der Waals surface area contributed by atoms with Crippen molar-refractivity contribution in [3.63, 3.8) is 0 Å². The normalized spacial score (nSPS) is 24.1. The van der Waals surface area contributed by atoms with Gasteiger partial charge in [-0.2, -0.15) is 0 Å². The van der Waals surface area contributed by atoms with Crippen molar-refractivity contribution in [3.8, 4) is 0 Å². The largest absolute Gasteiger partial charge is 0.367 e. The van der Waals surface area contributed by atoms with Gasteiger partial charge in [0.1, 0.15) is 17.5 Å². The lowest BCUT2D eigenvalue weighted by Gasteiger charge is -2.18. The Labute approximate surface area is 101 Å². The molecule has 1 atom stereocenters. The van der Waals surface area contributed by atoms with E-state index < -0.39 is 0 Å². The van der Waals surface area contributed by atoms with Gasteiger partial charge in [-0.15, -0.1) is 0 Å². The Morgan fingerprint density at radius 3 is 2.82 bits per heavy atom. The summed E-state index contributed by atoms with van der Waals surface area (Å²) in [7, 11) is 0. The number of hydrogen-bond acceptors (Lipinski definition) is 5. The lowest BCUT2D eigenvalue weighted by molar-refractivity contribution is 0.751. The van der Waals surface area contributed by atoms with Crippen molar-refractivity contribution >= 4 is 11.6 Å². The average Bonchev–Trinajstić information content (AvgIpc) is 2.97. The summed E-state index contributed by atoms with van der Waals surface area (Å²) in [4.78, 5) is 11.2. The molecule has 17 heavy (non-hydrogen) atoms. The fourth-order valence-electron chi connectivity index (χ4n) is 2.22. The molecule has 1 saturated carbocycles. The van der Waals surface area contributed by atoms with Crippen LogP contribution in [-0.2, 0) is 0 Å². The summed E-state index contributed by atoms with van der Waals surface area (Å²) in [6.07, 6.45) is 3.56. The minimum atomic E-state index is 0.283. The van der Waals surface area contributed by atoms with E-state index in [1.807, 2.05) is 13.0 Å². The predicted molar refractivity (Wildman–Crippen MR) is 68.2 cm³/mol. The second kappa shape index (κ2) is 4.14. The van der Waals surface area contributed by atoms with E-state index in [0.717, 1.165) is 37.0 Å². The fourth-order valence-corrected chi connectivity index (χ4v) is 2.22. The zero-order valence-electron chi connectivity index (χ0n) is 10.2. The molecular formula is C12H19N5. The van der Waals surface area contributed by atoms with Crippen LogP contribution in [0, 0.1) is 6.92 Å². The van der Waals surface area contributed by atoms with Crippen molar-refractivity contribution in [1.82, 2.24) is 9.97 Å². The zero-order chi connectivity index (χ0) is 11.8. The number of aromatic nitrogens is 2. The molecule has 5 nitrogen and oxygen atoms in total. The Hall–Kier alpha value is -1.36. The Kier molecular flexibility index (Phi) is 2.63. The Bertz CT molecular complexity index is 415. The molecule has 0 amide bonds. The van der Waals surface area contributed by atoms with Gasteiger partial charge >= 0.3 is 0 Å². The first-order valence-corrected chi connectivity index (χ1v) is 6.33. The molecule has 92 valence electrons. The van der Waals surface area contributed by atoms with Crippen molar-refractivity contribution in [1.29, 1.82) is 0 Å². The molecule has 0 bridgehead atoms. The van der Waals surface area contributed by atoms with Crippen LogP contribution in [0.5, 0.6) is 0 Å². The van der Waals surface area contributed by atoms with Gasteiger partial charge in [0.15, 0.2) is 0 Å². The van der Waals surface area contributed by atoms with Gasteiger partial charge in [0.25, 0.3) is 0 Å². The number of nitrogens with one attached hydrogen (secondary N) is 1. The second-order valence-electron chi connectivity index (χ2n) is 5.07. The highest BCUT2D eigenvalue weighted by Crippen LogP contribution is 2.26. The molecule has 1 aromatic rings. The number of anilines is 2. The van der Waals surface area contributed by atoms with E-state index >= 15 is 0 Å². The van der Waals surface area contributed by atoms with E-state index in [1.165, 1.54) is 12.8 Å². The van der Waals surface area contributed by atoms with Crippen molar-refractivity contribution in [3.05, 3.63) is 11.9 Å². The third-order valence-corrected chi connectivity index (χ3v) is 3.30. The quantitative estimate of drug-likeness (QED) is 0.812. The van der Waals surface area contributed by atoms with Crippen LogP contribution in [0.15, 0.2) is 6.07 Å². The first-order chi connectivity index (χ1) is 8.20. The third-order valence-electron chi connectivity index (χ3n) is 3.30. The van der Waals surface area contributed by atoms with Gasteiger partial charge in [-0.3, -0.25) is 0 Å². The number of nitrogens with two attached hydrogens (primary N) is 1. The number of hydrogen-bond donors (Lipinski definition) is 2. The predicted octanol–water partition coefficient (Wildman–Crippen LogP) is 0.897. The Morgan fingerprint density at radius 1 is 1.35 bits per heavy atom. The summed E-state index contributed by atoms with van der Waals surface area (Å²) in [6.45, 7) is 3.84. The first kappa shape index (κ1) is 10.8. The van der Waals surface area contributed by atoms with Gasteiger partial charge in [-0.05, 0) is 26.2 Å². The highest BCUT2D eigenvalue weighted by molar-refractivity contribution is 5.51. The molecule has 1 aromatic heterocycles. The van der Waals surface area contributed by atoms with E-state index in [-0.39, 0.29) is 6.04 Å². The maximum Gasteiger partial charge on any atom is 0.134 e. The topological polar surface area (TPSA) is 67.1 Å². The lowest BCUT2D eigenvalue weighted by Crippen LogP contribution is -2.27. The van der Waals surface area contributed by atoms with Crippen LogP contribution in [0.3, 0.4) is 0 Å². The molecule has 1 unspecified atom stereocenters. The van der Waals surface area contributed by atoms with E-state index in [4.69, 9.17) is 5.73 Å². The second-order valence-corrected chi connectivity index (χ2v) is 5.07. The maximum absolute atomic E-state index is 5.93. The SMILES string of the molecule is Cc1nc(NC2CC2)cc(N2CCC(N)C2)n1. The highest BCUT2D eigenvalue weighted by atomic mass is 15.2. The molecule has 5 heteroatoms. The molecule has 1 aliphatic carbocycles. The molecule has 0 spiro atoms. The van der Waals surface area contributed by atoms with Gasteiger partial charge in [0, 0.05) is 31.2 Å². The van der Waals surface area contributed by atoms with Crippen molar-refractivity contribution in [2.24, 2.45) is 5.73 Å². The van der Waals surface area contributed by atoms with Crippen LogP contribution in [0.25, 0.3) is 0 Å². The number of aryl methyl sites for hydroxylation is 1. The Morgan fingerprint density at radius 2 is 2.18 bits per heavy atom. The molecule has 3 N–H and O–H groups in total. The summed E-state index contributed by atoms with van der Waals surface area (Å²) < 4.78 is 0. The number of rotatable bonds is 3. The zero-order valence-corrected chi connectivity index (χ0v) is 10.2. The summed E-state index contributed by atoms with van der Waals surface area (Å²) in [6, 6.07) is 2.95. The molecule has 1 saturated heterocycles. The van der Waals surface area contributed by atoms with Crippen LogP contribution in [0.2, 0.25) is 0 Å². The molecule has 3 rings (SSSR count). The Balaban J connectivity index is 1.80. The average molecular weight is 233 g/mol. The highest BCUT2D eigenvalue weighted by Gasteiger charge is 2.24. The van der Waals surface area contributed by atoms with Crippen LogP contribution in [-0.4, -0.2) is 35.1 Å². The van der Waals surface area contributed by atoms with Crippen LogP contribution < -0.4 is 16.0 Å². The molecule has 2 fully saturated rings. The van der Waals surface area contributed by atoms with E-state index in [0.29, 0.717) is 6.04 Å². The van der Waals surface area contributed by atoms with Crippen LogP contribution in [0.1, 0.15) is 25.1 Å². The molecule has 2 aliphatic rings. The summed E-state index contributed by atoms with van der Waals surface area (Å²) in [5.74, 6) is 2.79. The summed E-state index contributed by atoms with van der Waals surface area (Å²) in [5, 5.41) is 3.42. The van der Waals surface area contributed by atoms with E-state index in [2.05, 4.69) is 20.2 Å². The van der Waals surface area contributed by atoms with Gasteiger partial charge in [0.05, 0.1) is 0 Å².